The van der Waals surface area contributed by atoms with Gasteiger partial charge in [0.05, 0.1) is 31.9 Å². The largest absolute Gasteiger partial charge is 0.492 e. The van der Waals surface area contributed by atoms with E-state index in [0.29, 0.717) is 60.5 Å². The number of aromatic nitrogens is 1. The third kappa shape index (κ3) is 7.96. The first-order chi connectivity index (χ1) is 16.4. The van der Waals surface area contributed by atoms with Crippen LogP contribution < -0.4 is 14.2 Å². The maximum atomic E-state index is 11.6. The minimum Gasteiger partial charge on any atom is -0.492 e. The van der Waals surface area contributed by atoms with E-state index in [1.807, 2.05) is 50.2 Å². The van der Waals surface area contributed by atoms with E-state index in [4.69, 9.17) is 30.5 Å². The molecule has 3 aromatic rings. The van der Waals surface area contributed by atoms with Gasteiger partial charge in [0.15, 0.2) is 11.5 Å². The van der Waals surface area contributed by atoms with Gasteiger partial charge in [-0.05, 0) is 56.7 Å². The number of nitrogens with zero attached hydrogens (tertiary/aromatic N) is 1. The van der Waals surface area contributed by atoms with E-state index in [1.54, 1.807) is 31.3 Å². The molecule has 0 amide bonds. The lowest BCUT2D eigenvalue weighted by Crippen LogP contribution is -2.16. The fraction of sp³-hybridized carbons (Fsp3) is 0.333. The Labute approximate surface area is 205 Å². The standard InChI is InChI=1S/C27H30ClNO5/c1-4-31-27(30)13-11-24-19(2)16-23(18-29-24)32-15-14-20(3)33-25-12-10-21(28)17-26(25)34-22-8-6-5-7-9-22/h5-10,12,16-18,20H,4,11,13-15H2,1-3H3. The van der Waals surface area contributed by atoms with Crippen LogP contribution in [0.5, 0.6) is 23.0 Å². The van der Waals surface area contributed by atoms with Gasteiger partial charge in [-0.2, -0.15) is 0 Å². The Morgan fingerprint density at radius 2 is 1.85 bits per heavy atom. The highest BCUT2D eigenvalue weighted by Crippen LogP contribution is 2.35. The normalized spacial score (nSPS) is 11.5. The second-order valence-electron chi connectivity index (χ2n) is 7.81. The van der Waals surface area contributed by atoms with Crippen molar-refractivity contribution in [2.24, 2.45) is 0 Å². The highest BCUT2D eigenvalue weighted by molar-refractivity contribution is 6.30. The van der Waals surface area contributed by atoms with Crippen LogP contribution in [-0.2, 0) is 16.0 Å². The molecule has 1 heterocycles. The summed E-state index contributed by atoms with van der Waals surface area (Å²) in [5, 5.41) is 0.572. The summed E-state index contributed by atoms with van der Waals surface area (Å²) in [6.45, 7) is 6.59. The summed E-state index contributed by atoms with van der Waals surface area (Å²) in [6, 6.07) is 16.7. The van der Waals surface area contributed by atoms with E-state index in [2.05, 4.69) is 4.98 Å². The maximum absolute atomic E-state index is 11.6. The minimum absolute atomic E-state index is 0.114. The van der Waals surface area contributed by atoms with Crippen molar-refractivity contribution in [3.05, 3.63) is 77.1 Å². The quantitative estimate of drug-likeness (QED) is 0.271. The van der Waals surface area contributed by atoms with Gasteiger partial charge in [0.25, 0.3) is 0 Å². The highest BCUT2D eigenvalue weighted by Gasteiger charge is 2.13. The number of carbonyl (C=O) groups excluding carboxylic acids is 1. The summed E-state index contributed by atoms with van der Waals surface area (Å²) in [6.07, 6.45) is 3.10. The summed E-state index contributed by atoms with van der Waals surface area (Å²) in [4.78, 5) is 16.0. The van der Waals surface area contributed by atoms with E-state index in [-0.39, 0.29) is 12.1 Å². The van der Waals surface area contributed by atoms with E-state index >= 15 is 0 Å². The van der Waals surface area contributed by atoms with Crippen LogP contribution in [-0.4, -0.2) is 30.3 Å². The van der Waals surface area contributed by atoms with Gasteiger partial charge in [0, 0.05) is 29.6 Å². The molecule has 0 aliphatic carbocycles. The summed E-state index contributed by atoms with van der Waals surface area (Å²) in [5.74, 6) is 2.35. The van der Waals surface area contributed by atoms with Crippen molar-refractivity contribution in [2.75, 3.05) is 13.2 Å². The maximum Gasteiger partial charge on any atom is 0.306 e. The molecule has 0 bridgehead atoms. The van der Waals surface area contributed by atoms with Crippen molar-refractivity contribution in [3.8, 4) is 23.0 Å². The Morgan fingerprint density at radius 1 is 1.06 bits per heavy atom. The molecule has 1 unspecified atom stereocenters. The molecule has 2 aromatic carbocycles. The van der Waals surface area contributed by atoms with Crippen molar-refractivity contribution in [1.82, 2.24) is 4.98 Å². The Balaban J connectivity index is 1.50. The molecule has 0 aliphatic rings. The Kier molecular flexibility index (Phi) is 9.59. The van der Waals surface area contributed by atoms with Gasteiger partial charge < -0.3 is 18.9 Å². The molecule has 0 fully saturated rings. The molecular weight excluding hydrogens is 454 g/mol. The lowest BCUT2D eigenvalue weighted by atomic mass is 10.1. The first-order valence-corrected chi connectivity index (χ1v) is 11.8. The molecule has 0 saturated carbocycles. The van der Waals surface area contributed by atoms with Gasteiger partial charge >= 0.3 is 5.97 Å². The predicted octanol–water partition coefficient (Wildman–Crippen LogP) is 6.57. The molecule has 180 valence electrons. The highest BCUT2D eigenvalue weighted by atomic mass is 35.5. The SMILES string of the molecule is CCOC(=O)CCc1ncc(OCCC(C)Oc2ccc(Cl)cc2Oc2ccccc2)cc1C. The van der Waals surface area contributed by atoms with Crippen LogP contribution in [0.25, 0.3) is 0 Å². The Bertz CT molecular complexity index is 1070. The van der Waals surface area contributed by atoms with Crippen molar-refractivity contribution in [1.29, 1.82) is 0 Å². The number of benzene rings is 2. The molecule has 6 nitrogen and oxygen atoms in total. The molecule has 0 N–H and O–H groups in total. The van der Waals surface area contributed by atoms with E-state index < -0.39 is 0 Å². The number of para-hydroxylation sites is 1. The van der Waals surface area contributed by atoms with Crippen LogP contribution >= 0.6 is 11.6 Å². The van der Waals surface area contributed by atoms with Crippen molar-refractivity contribution in [3.63, 3.8) is 0 Å². The van der Waals surface area contributed by atoms with Crippen LogP contribution in [0.4, 0.5) is 0 Å². The zero-order valence-electron chi connectivity index (χ0n) is 19.8. The van der Waals surface area contributed by atoms with Crippen LogP contribution in [0.1, 0.15) is 37.9 Å². The van der Waals surface area contributed by atoms with Crippen molar-refractivity contribution in [2.45, 2.75) is 46.1 Å². The Morgan fingerprint density at radius 3 is 2.59 bits per heavy atom. The van der Waals surface area contributed by atoms with Crippen LogP contribution in [0.3, 0.4) is 0 Å². The number of ether oxygens (including phenoxy) is 4. The molecule has 3 rings (SSSR count). The number of aryl methyl sites for hydroxylation is 2. The second kappa shape index (κ2) is 12.8. The van der Waals surface area contributed by atoms with Crippen molar-refractivity contribution < 1.29 is 23.7 Å². The minimum atomic E-state index is -0.212. The van der Waals surface area contributed by atoms with Gasteiger partial charge in [-0.1, -0.05) is 29.8 Å². The summed E-state index contributed by atoms with van der Waals surface area (Å²) < 4.78 is 22.9. The fourth-order valence-corrected chi connectivity index (χ4v) is 3.43. The third-order valence-electron chi connectivity index (χ3n) is 5.03. The number of rotatable bonds is 12. The van der Waals surface area contributed by atoms with Gasteiger partial charge in [0.1, 0.15) is 11.5 Å². The number of hydrogen-bond acceptors (Lipinski definition) is 6. The lowest BCUT2D eigenvalue weighted by molar-refractivity contribution is -0.143. The summed E-state index contributed by atoms with van der Waals surface area (Å²) in [7, 11) is 0. The van der Waals surface area contributed by atoms with E-state index in [9.17, 15) is 4.79 Å². The fourth-order valence-electron chi connectivity index (χ4n) is 3.26. The number of pyridine rings is 1. The van der Waals surface area contributed by atoms with Gasteiger partial charge in [-0.3, -0.25) is 9.78 Å². The molecule has 0 radical (unpaired) electrons. The first-order valence-electron chi connectivity index (χ1n) is 11.4. The summed E-state index contributed by atoms with van der Waals surface area (Å²) >= 11 is 6.16. The van der Waals surface area contributed by atoms with E-state index in [0.717, 1.165) is 11.3 Å². The zero-order valence-corrected chi connectivity index (χ0v) is 20.5. The molecule has 34 heavy (non-hydrogen) atoms. The first kappa shape index (κ1) is 25.4. The summed E-state index contributed by atoms with van der Waals surface area (Å²) in [5.41, 5.74) is 1.85. The smallest absolute Gasteiger partial charge is 0.306 e. The van der Waals surface area contributed by atoms with Crippen molar-refractivity contribution >= 4 is 17.6 Å². The van der Waals surface area contributed by atoms with Gasteiger partial charge in [-0.25, -0.2) is 0 Å². The number of esters is 1. The topological polar surface area (TPSA) is 66.9 Å². The number of carbonyl (C=O) groups is 1. The third-order valence-corrected chi connectivity index (χ3v) is 5.27. The molecule has 1 aromatic heterocycles. The Hall–Kier alpha value is -3.25. The monoisotopic (exact) mass is 483 g/mol. The molecule has 0 spiro atoms. The molecular formula is C27H30ClNO5. The number of halogens is 1. The predicted molar refractivity (Wildman–Crippen MR) is 132 cm³/mol. The van der Waals surface area contributed by atoms with E-state index in [1.165, 1.54) is 0 Å². The number of hydrogen-bond donors (Lipinski definition) is 0. The second-order valence-corrected chi connectivity index (χ2v) is 8.25. The van der Waals surface area contributed by atoms with Crippen LogP contribution in [0.15, 0.2) is 60.8 Å². The van der Waals surface area contributed by atoms with Gasteiger partial charge in [-0.15, -0.1) is 0 Å². The van der Waals surface area contributed by atoms with Gasteiger partial charge in [0.2, 0.25) is 0 Å². The molecule has 0 aliphatic heterocycles. The molecule has 1 atom stereocenters. The average molecular weight is 484 g/mol. The lowest BCUT2D eigenvalue weighted by Gasteiger charge is -2.18. The van der Waals surface area contributed by atoms with Crippen LogP contribution in [0, 0.1) is 6.92 Å². The van der Waals surface area contributed by atoms with Crippen LogP contribution in [0.2, 0.25) is 5.02 Å². The average Bonchev–Trinajstić information content (AvgIpc) is 2.81. The molecule has 7 heteroatoms. The zero-order chi connectivity index (χ0) is 24.3. The molecule has 0 saturated heterocycles.